The highest BCUT2D eigenvalue weighted by Gasteiger charge is 2.25. The van der Waals surface area contributed by atoms with Gasteiger partial charge in [-0.05, 0) is 18.1 Å². The Balaban J connectivity index is 2.26. The first-order chi connectivity index (χ1) is 7.72. The molecule has 1 atom stereocenters. The highest BCUT2D eigenvalue weighted by molar-refractivity contribution is 5.97. The predicted octanol–water partition coefficient (Wildman–Crippen LogP) is 1.04. The zero-order chi connectivity index (χ0) is 11.5. The van der Waals surface area contributed by atoms with Crippen molar-refractivity contribution in [3.63, 3.8) is 0 Å². The Kier molecular flexibility index (Phi) is 3.10. The summed E-state index contributed by atoms with van der Waals surface area (Å²) in [5, 5.41) is 9.03. The summed E-state index contributed by atoms with van der Waals surface area (Å²) in [7, 11) is 0. The number of ether oxygens (including phenoxy) is 1. The number of anilines is 1. The van der Waals surface area contributed by atoms with E-state index < -0.39 is 0 Å². The third-order valence-electron chi connectivity index (χ3n) is 2.61. The number of nitrogens with zero attached hydrogens (tertiary/aromatic N) is 1. The van der Waals surface area contributed by atoms with Crippen molar-refractivity contribution in [2.24, 2.45) is 5.92 Å². The number of carbonyl (C=O) groups is 1. The Bertz CT molecular complexity index is 392. The summed E-state index contributed by atoms with van der Waals surface area (Å²) in [4.78, 5) is 13.4. The Morgan fingerprint density at radius 3 is 3.00 bits per heavy atom. The summed E-state index contributed by atoms with van der Waals surface area (Å²) in [5.41, 5.74) is 0.791. The van der Waals surface area contributed by atoms with Crippen molar-refractivity contribution in [3.05, 3.63) is 24.3 Å². The van der Waals surface area contributed by atoms with E-state index in [4.69, 9.17) is 9.84 Å². The molecular formula is C12H15NO3. The maximum Gasteiger partial charge on any atom is 0.265 e. The minimum absolute atomic E-state index is 0.0565. The Hall–Kier alpha value is -1.55. The van der Waals surface area contributed by atoms with Crippen LogP contribution in [0.15, 0.2) is 24.3 Å². The number of aliphatic hydroxyl groups is 1. The molecule has 1 N–H and O–H groups in total. The first-order valence-corrected chi connectivity index (χ1v) is 5.35. The number of hydrogen-bond acceptors (Lipinski definition) is 3. The maximum atomic E-state index is 11.7. The molecule has 4 nitrogen and oxygen atoms in total. The van der Waals surface area contributed by atoms with Crippen molar-refractivity contribution in [3.8, 4) is 5.75 Å². The van der Waals surface area contributed by atoms with Gasteiger partial charge in [-0.2, -0.15) is 0 Å². The standard InChI is InChI=1S/C12H15NO3/c1-9(7-14)6-13-10-4-2-3-5-11(10)16-8-12(13)15/h2-5,9,14H,6-8H2,1H3. The smallest absolute Gasteiger partial charge is 0.265 e. The van der Waals surface area contributed by atoms with E-state index in [-0.39, 0.29) is 25.0 Å². The maximum absolute atomic E-state index is 11.7. The van der Waals surface area contributed by atoms with Crippen LogP contribution in [0.1, 0.15) is 6.92 Å². The second-order valence-corrected chi connectivity index (χ2v) is 4.05. The quantitative estimate of drug-likeness (QED) is 0.829. The van der Waals surface area contributed by atoms with E-state index in [0.717, 1.165) is 11.4 Å². The van der Waals surface area contributed by atoms with Gasteiger partial charge in [-0.25, -0.2) is 0 Å². The molecule has 1 unspecified atom stereocenters. The van der Waals surface area contributed by atoms with E-state index in [1.807, 2.05) is 31.2 Å². The van der Waals surface area contributed by atoms with Crippen molar-refractivity contribution >= 4 is 11.6 Å². The molecular weight excluding hydrogens is 206 g/mol. The summed E-state index contributed by atoms with van der Waals surface area (Å²) in [6.45, 7) is 2.59. The van der Waals surface area contributed by atoms with Gasteiger partial charge in [0.1, 0.15) is 5.75 Å². The van der Waals surface area contributed by atoms with Crippen LogP contribution in [0.3, 0.4) is 0 Å². The Morgan fingerprint density at radius 1 is 1.50 bits per heavy atom. The summed E-state index contributed by atoms with van der Waals surface area (Å²) in [6, 6.07) is 7.45. The lowest BCUT2D eigenvalue weighted by molar-refractivity contribution is -0.121. The highest BCUT2D eigenvalue weighted by atomic mass is 16.5. The fourth-order valence-corrected chi connectivity index (χ4v) is 1.72. The summed E-state index contributed by atoms with van der Waals surface area (Å²) >= 11 is 0. The molecule has 1 aliphatic rings. The van der Waals surface area contributed by atoms with E-state index in [1.165, 1.54) is 0 Å². The van der Waals surface area contributed by atoms with Crippen molar-refractivity contribution in [2.75, 3.05) is 24.7 Å². The van der Waals surface area contributed by atoms with Crippen LogP contribution in [0, 0.1) is 5.92 Å². The zero-order valence-electron chi connectivity index (χ0n) is 9.22. The molecule has 0 saturated heterocycles. The van der Waals surface area contributed by atoms with Crippen LogP contribution in [-0.4, -0.2) is 30.8 Å². The third kappa shape index (κ3) is 2.02. The molecule has 1 heterocycles. The molecule has 1 aromatic rings. The Labute approximate surface area is 94.4 Å². The van der Waals surface area contributed by atoms with Gasteiger partial charge >= 0.3 is 0 Å². The fourth-order valence-electron chi connectivity index (χ4n) is 1.72. The molecule has 0 saturated carbocycles. The molecule has 4 heteroatoms. The normalized spacial score (nSPS) is 16.6. The number of fused-ring (bicyclic) bond motifs is 1. The van der Waals surface area contributed by atoms with Gasteiger partial charge in [-0.1, -0.05) is 19.1 Å². The van der Waals surface area contributed by atoms with Crippen LogP contribution in [0.2, 0.25) is 0 Å². The van der Waals surface area contributed by atoms with Crippen molar-refractivity contribution in [1.82, 2.24) is 0 Å². The van der Waals surface area contributed by atoms with Crippen LogP contribution in [0.25, 0.3) is 0 Å². The van der Waals surface area contributed by atoms with Crippen LogP contribution >= 0.6 is 0 Å². The second kappa shape index (κ2) is 4.53. The van der Waals surface area contributed by atoms with Crippen LogP contribution < -0.4 is 9.64 Å². The number of carbonyl (C=O) groups excluding carboxylic acids is 1. The van der Waals surface area contributed by atoms with E-state index in [2.05, 4.69) is 0 Å². The van der Waals surface area contributed by atoms with Crippen molar-refractivity contribution < 1.29 is 14.6 Å². The van der Waals surface area contributed by atoms with Gasteiger partial charge in [0, 0.05) is 13.2 Å². The first-order valence-electron chi connectivity index (χ1n) is 5.35. The molecule has 0 fully saturated rings. The minimum atomic E-state index is -0.0565. The first kappa shape index (κ1) is 11.0. The van der Waals surface area contributed by atoms with Crippen LogP contribution in [-0.2, 0) is 4.79 Å². The van der Waals surface area contributed by atoms with Gasteiger partial charge in [0.15, 0.2) is 6.61 Å². The molecule has 86 valence electrons. The van der Waals surface area contributed by atoms with E-state index in [0.29, 0.717) is 6.54 Å². The van der Waals surface area contributed by atoms with Crippen LogP contribution in [0.4, 0.5) is 5.69 Å². The largest absolute Gasteiger partial charge is 0.482 e. The monoisotopic (exact) mass is 221 g/mol. The van der Waals surface area contributed by atoms with Gasteiger partial charge < -0.3 is 14.7 Å². The number of aliphatic hydroxyl groups excluding tert-OH is 1. The summed E-state index contributed by atoms with van der Waals surface area (Å²) in [6.07, 6.45) is 0. The van der Waals surface area contributed by atoms with E-state index >= 15 is 0 Å². The van der Waals surface area contributed by atoms with Gasteiger partial charge in [0.05, 0.1) is 5.69 Å². The molecule has 0 radical (unpaired) electrons. The fraction of sp³-hybridized carbons (Fsp3) is 0.417. The van der Waals surface area contributed by atoms with Gasteiger partial charge in [0.2, 0.25) is 0 Å². The lowest BCUT2D eigenvalue weighted by Gasteiger charge is -2.30. The SMILES string of the molecule is CC(CO)CN1C(=O)COc2ccccc21. The summed E-state index contributed by atoms with van der Waals surface area (Å²) < 4.78 is 5.33. The van der Waals surface area contributed by atoms with Crippen LogP contribution in [0.5, 0.6) is 5.75 Å². The average molecular weight is 221 g/mol. The predicted molar refractivity (Wildman–Crippen MR) is 60.5 cm³/mol. The number of benzene rings is 1. The van der Waals surface area contributed by atoms with Gasteiger partial charge in [-0.15, -0.1) is 0 Å². The number of amides is 1. The van der Waals surface area contributed by atoms with E-state index in [9.17, 15) is 4.79 Å². The number of hydrogen-bond donors (Lipinski definition) is 1. The topological polar surface area (TPSA) is 49.8 Å². The molecule has 0 aromatic heterocycles. The number of rotatable bonds is 3. The lowest BCUT2D eigenvalue weighted by Crippen LogP contribution is -2.41. The van der Waals surface area contributed by atoms with Gasteiger partial charge in [0.25, 0.3) is 5.91 Å². The van der Waals surface area contributed by atoms with Gasteiger partial charge in [-0.3, -0.25) is 4.79 Å². The molecule has 0 bridgehead atoms. The van der Waals surface area contributed by atoms with E-state index in [1.54, 1.807) is 4.90 Å². The lowest BCUT2D eigenvalue weighted by atomic mass is 10.1. The molecule has 0 spiro atoms. The molecule has 1 aliphatic heterocycles. The molecule has 1 aromatic carbocycles. The third-order valence-corrected chi connectivity index (χ3v) is 2.61. The summed E-state index contributed by atoms with van der Waals surface area (Å²) in [5.74, 6) is 0.737. The Morgan fingerprint density at radius 2 is 2.25 bits per heavy atom. The second-order valence-electron chi connectivity index (χ2n) is 4.05. The highest BCUT2D eigenvalue weighted by Crippen LogP contribution is 2.31. The van der Waals surface area contributed by atoms with Crippen molar-refractivity contribution in [1.29, 1.82) is 0 Å². The molecule has 16 heavy (non-hydrogen) atoms. The molecule has 2 rings (SSSR count). The number of para-hydroxylation sites is 2. The molecule has 1 amide bonds. The van der Waals surface area contributed by atoms with Crippen molar-refractivity contribution in [2.45, 2.75) is 6.92 Å². The minimum Gasteiger partial charge on any atom is -0.482 e. The molecule has 0 aliphatic carbocycles. The zero-order valence-corrected chi connectivity index (χ0v) is 9.22. The average Bonchev–Trinajstić information content (AvgIpc) is 2.32.